The third-order valence-electron chi connectivity index (χ3n) is 2.41. The number of hydrogen-bond donors (Lipinski definition) is 1. The van der Waals surface area contributed by atoms with Crippen LogP contribution in [0.3, 0.4) is 0 Å². The molecule has 1 aromatic heterocycles. The van der Waals surface area contributed by atoms with Crippen molar-refractivity contribution in [1.29, 1.82) is 0 Å². The molecular weight excluding hydrogens is 226 g/mol. The zero-order chi connectivity index (χ0) is 9.26. The summed E-state index contributed by atoms with van der Waals surface area (Å²) in [7, 11) is 0. The van der Waals surface area contributed by atoms with Crippen LogP contribution < -0.4 is 0 Å². The molecule has 0 fully saturated rings. The highest BCUT2D eigenvalue weighted by atomic mass is 79.9. The summed E-state index contributed by atoms with van der Waals surface area (Å²) in [6, 6.07) is 8.44. The van der Waals surface area contributed by atoms with Crippen molar-refractivity contribution in [3.05, 3.63) is 35.5 Å². The van der Waals surface area contributed by atoms with Crippen molar-refractivity contribution in [3.63, 3.8) is 0 Å². The van der Waals surface area contributed by atoms with Gasteiger partial charge in [0.2, 0.25) is 0 Å². The van der Waals surface area contributed by atoms with Gasteiger partial charge in [0.15, 0.2) is 0 Å². The topological polar surface area (TPSA) is 15.8 Å². The number of rotatable bonds is 2. The number of benzene rings is 1. The largest absolute Gasteiger partial charge is 0.358 e. The zero-order valence-corrected chi connectivity index (χ0v) is 9.19. The average molecular weight is 238 g/mol. The van der Waals surface area contributed by atoms with Crippen molar-refractivity contribution in [2.75, 3.05) is 5.33 Å². The van der Waals surface area contributed by atoms with E-state index in [0.29, 0.717) is 0 Å². The van der Waals surface area contributed by atoms with E-state index in [2.05, 4.69) is 52.1 Å². The molecule has 1 nitrogen and oxygen atoms in total. The maximum atomic E-state index is 3.46. The summed E-state index contributed by atoms with van der Waals surface area (Å²) in [5.41, 5.74) is 3.98. The Morgan fingerprint density at radius 1 is 1.31 bits per heavy atom. The SMILES string of the molecule is Cc1c(CCBr)[nH]c2ccccc12. The van der Waals surface area contributed by atoms with E-state index in [-0.39, 0.29) is 0 Å². The van der Waals surface area contributed by atoms with E-state index < -0.39 is 0 Å². The van der Waals surface area contributed by atoms with Crippen LogP contribution in [0, 0.1) is 6.92 Å². The second-order valence-corrected chi connectivity index (χ2v) is 4.01. The van der Waals surface area contributed by atoms with Gasteiger partial charge < -0.3 is 4.98 Å². The number of nitrogens with one attached hydrogen (secondary N) is 1. The van der Waals surface area contributed by atoms with Crippen molar-refractivity contribution in [1.82, 2.24) is 4.98 Å². The summed E-state index contributed by atoms with van der Waals surface area (Å²) >= 11 is 3.46. The lowest BCUT2D eigenvalue weighted by molar-refractivity contribution is 1.07. The van der Waals surface area contributed by atoms with Gasteiger partial charge in [0.25, 0.3) is 0 Å². The van der Waals surface area contributed by atoms with Gasteiger partial charge in [-0.15, -0.1) is 0 Å². The van der Waals surface area contributed by atoms with Crippen LogP contribution in [0.5, 0.6) is 0 Å². The summed E-state index contributed by atoms with van der Waals surface area (Å²) in [5, 5.41) is 2.36. The molecule has 13 heavy (non-hydrogen) atoms. The van der Waals surface area contributed by atoms with Gasteiger partial charge in [0.05, 0.1) is 0 Å². The highest BCUT2D eigenvalue weighted by Crippen LogP contribution is 2.21. The summed E-state index contributed by atoms with van der Waals surface area (Å²) in [6.45, 7) is 2.18. The van der Waals surface area contributed by atoms with Crippen molar-refractivity contribution in [2.24, 2.45) is 0 Å². The zero-order valence-electron chi connectivity index (χ0n) is 7.60. The van der Waals surface area contributed by atoms with Crippen LogP contribution in [0.2, 0.25) is 0 Å². The standard InChI is InChI=1S/C11H12BrN/c1-8-9-4-2-3-5-11(9)13-10(8)6-7-12/h2-5,13H,6-7H2,1H3. The quantitative estimate of drug-likeness (QED) is 0.771. The number of halogens is 1. The number of hydrogen-bond acceptors (Lipinski definition) is 0. The van der Waals surface area contributed by atoms with E-state index in [1.807, 2.05) is 0 Å². The normalized spacial score (nSPS) is 10.9. The number of aromatic nitrogens is 1. The van der Waals surface area contributed by atoms with E-state index in [1.54, 1.807) is 0 Å². The summed E-state index contributed by atoms with van der Waals surface area (Å²) in [6.07, 6.45) is 1.07. The average Bonchev–Trinajstić information content (AvgIpc) is 2.46. The Morgan fingerprint density at radius 3 is 2.77 bits per heavy atom. The van der Waals surface area contributed by atoms with Gasteiger partial charge in [-0.2, -0.15) is 0 Å². The molecule has 2 rings (SSSR count). The molecule has 0 spiro atoms. The number of aryl methyl sites for hydroxylation is 2. The van der Waals surface area contributed by atoms with Crippen molar-refractivity contribution < 1.29 is 0 Å². The van der Waals surface area contributed by atoms with E-state index in [1.165, 1.54) is 22.2 Å². The van der Waals surface area contributed by atoms with Crippen LogP contribution in [0.1, 0.15) is 11.3 Å². The smallest absolute Gasteiger partial charge is 0.0458 e. The molecule has 0 saturated heterocycles. The molecule has 0 atom stereocenters. The highest BCUT2D eigenvalue weighted by Gasteiger charge is 2.04. The van der Waals surface area contributed by atoms with Gasteiger partial charge in [-0.1, -0.05) is 34.1 Å². The first kappa shape index (κ1) is 8.82. The third kappa shape index (κ3) is 1.51. The van der Waals surface area contributed by atoms with E-state index in [0.717, 1.165) is 11.8 Å². The number of fused-ring (bicyclic) bond motifs is 1. The van der Waals surface area contributed by atoms with Gasteiger partial charge in [0, 0.05) is 21.9 Å². The van der Waals surface area contributed by atoms with Crippen molar-refractivity contribution in [2.45, 2.75) is 13.3 Å². The maximum Gasteiger partial charge on any atom is 0.0458 e. The lowest BCUT2D eigenvalue weighted by atomic mass is 10.1. The first-order valence-corrected chi connectivity index (χ1v) is 5.57. The van der Waals surface area contributed by atoms with Crippen LogP contribution in [0.4, 0.5) is 0 Å². The minimum atomic E-state index is 1.01. The van der Waals surface area contributed by atoms with Gasteiger partial charge in [0.1, 0.15) is 0 Å². The molecule has 68 valence electrons. The monoisotopic (exact) mass is 237 g/mol. The van der Waals surface area contributed by atoms with Crippen LogP contribution in [0.25, 0.3) is 10.9 Å². The number of para-hydroxylation sites is 1. The van der Waals surface area contributed by atoms with Crippen LogP contribution in [0.15, 0.2) is 24.3 Å². The molecular formula is C11H12BrN. The summed E-state index contributed by atoms with van der Waals surface area (Å²) in [4.78, 5) is 3.43. The van der Waals surface area contributed by atoms with E-state index in [9.17, 15) is 0 Å². The molecule has 0 radical (unpaired) electrons. The predicted molar refractivity (Wildman–Crippen MR) is 60.5 cm³/mol. The molecule has 0 aliphatic heterocycles. The first-order valence-electron chi connectivity index (χ1n) is 4.45. The molecule has 1 aromatic carbocycles. The Morgan fingerprint density at radius 2 is 2.08 bits per heavy atom. The fourth-order valence-electron chi connectivity index (χ4n) is 1.68. The second kappa shape index (κ2) is 3.54. The molecule has 0 unspecified atom stereocenters. The molecule has 1 N–H and O–H groups in total. The fourth-order valence-corrected chi connectivity index (χ4v) is 2.08. The highest BCUT2D eigenvalue weighted by molar-refractivity contribution is 9.09. The Hall–Kier alpha value is -0.760. The first-order chi connectivity index (χ1) is 6.33. The van der Waals surface area contributed by atoms with Gasteiger partial charge >= 0.3 is 0 Å². The van der Waals surface area contributed by atoms with E-state index in [4.69, 9.17) is 0 Å². The Balaban J connectivity index is 2.60. The molecule has 2 aromatic rings. The van der Waals surface area contributed by atoms with Crippen LogP contribution >= 0.6 is 15.9 Å². The molecule has 0 bridgehead atoms. The Kier molecular flexibility index (Phi) is 2.40. The van der Waals surface area contributed by atoms with E-state index >= 15 is 0 Å². The van der Waals surface area contributed by atoms with Gasteiger partial charge in [-0.3, -0.25) is 0 Å². The Labute approximate surface area is 86.3 Å². The van der Waals surface area contributed by atoms with Crippen LogP contribution in [-0.2, 0) is 6.42 Å². The molecule has 2 heteroatoms. The van der Waals surface area contributed by atoms with Gasteiger partial charge in [-0.25, -0.2) is 0 Å². The van der Waals surface area contributed by atoms with Gasteiger partial charge in [-0.05, 0) is 25.0 Å². The molecule has 1 heterocycles. The summed E-state index contributed by atoms with van der Waals surface area (Å²) < 4.78 is 0. The number of alkyl halides is 1. The predicted octanol–water partition coefficient (Wildman–Crippen LogP) is 3.41. The minimum Gasteiger partial charge on any atom is -0.358 e. The molecule has 0 aliphatic rings. The van der Waals surface area contributed by atoms with Crippen molar-refractivity contribution in [3.8, 4) is 0 Å². The van der Waals surface area contributed by atoms with Crippen molar-refractivity contribution >= 4 is 26.8 Å². The second-order valence-electron chi connectivity index (χ2n) is 3.21. The summed E-state index contributed by atoms with van der Waals surface area (Å²) in [5.74, 6) is 0. The minimum absolute atomic E-state index is 1.01. The third-order valence-corrected chi connectivity index (χ3v) is 2.81. The lowest BCUT2D eigenvalue weighted by Gasteiger charge is -1.94. The number of aromatic amines is 1. The fraction of sp³-hybridized carbons (Fsp3) is 0.273. The Bertz CT molecular complexity index is 417. The maximum absolute atomic E-state index is 3.46. The lowest BCUT2D eigenvalue weighted by Crippen LogP contribution is -1.87. The molecule has 0 saturated carbocycles. The molecule has 0 aliphatic carbocycles. The molecule has 0 amide bonds. The number of H-pyrrole nitrogens is 1. The van der Waals surface area contributed by atoms with Crippen LogP contribution in [-0.4, -0.2) is 10.3 Å².